The molecule has 0 atom stereocenters. The first kappa shape index (κ1) is 15.2. The van der Waals surface area contributed by atoms with Crippen LogP contribution in [0.2, 0.25) is 0 Å². The van der Waals surface area contributed by atoms with Crippen molar-refractivity contribution in [1.82, 2.24) is 4.98 Å². The van der Waals surface area contributed by atoms with E-state index in [9.17, 15) is 0 Å². The monoisotopic (exact) mass is 282 g/mol. The van der Waals surface area contributed by atoms with Gasteiger partial charge in [0.05, 0.1) is 17.9 Å². The smallest absolute Gasteiger partial charge is 0.222 e. The van der Waals surface area contributed by atoms with Crippen LogP contribution in [-0.4, -0.2) is 17.5 Å². The molecule has 0 aliphatic carbocycles. The average Bonchev–Trinajstić information content (AvgIpc) is 2.46. The summed E-state index contributed by atoms with van der Waals surface area (Å²) in [5.41, 5.74) is 4.21. The SMILES string of the molecule is Cc1ccc(N=C(OCC(C)C)c2cccnc2)c(C)c1. The number of nitrogens with zero attached hydrogens (tertiary/aromatic N) is 2. The van der Waals surface area contributed by atoms with Crippen LogP contribution in [0.25, 0.3) is 0 Å². The standard InChI is InChI=1S/C18H22N2O/c1-13(2)12-21-18(16-6-5-9-19-11-16)20-17-8-7-14(3)10-15(17)4/h5-11,13H,12H2,1-4H3. The Morgan fingerprint density at radius 3 is 2.67 bits per heavy atom. The molecule has 0 saturated heterocycles. The van der Waals surface area contributed by atoms with E-state index in [-0.39, 0.29) is 0 Å². The molecule has 0 radical (unpaired) electrons. The molecule has 0 bridgehead atoms. The molecule has 2 rings (SSSR count). The highest BCUT2D eigenvalue weighted by molar-refractivity contribution is 5.95. The molecule has 0 spiro atoms. The van der Waals surface area contributed by atoms with Gasteiger partial charge < -0.3 is 4.74 Å². The van der Waals surface area contributed by atoms with Crippen molar-refractivity contribution in [2.24, 2.45) is 10.9 Å². The molecule has 0 fully saturated rings. The number of aliphatic imine (C=N–C) groups is 1. The molecule has 3 nitrogen and oxygen atoms in total. The zero-order valence-electron chi connectivity index (χ0n) is 13.1. The third-order valence-corrected chi connectivity index (χ3v) is 3.04. The summed E-state index contributed by atoms with van der Waals surface area (Å²) in [5.74, 6) is 1.08. The van der Waals surface area contributed by atoms with Crippen molar-refractivity contribution in [2.75, 3.05) is 6.61 Å². The highest BCUT2D eigenvalue weighted by atomic mass is 16.5. The van der Waals surface area contributed by atoms with E-state index in [4.69, 9.17) is 9.73 Å². The van der Waals surface area contributed by atoms with E-state index in [0.29, 0.717) is 18.4 Å². The second-order valence-electron chi connectivity index (χ2n) is 5.65. The maximum atomic E-state index is 5.89. The Kier molecular flexibility index (Phi) is 5.09. The minimum atomic E-state index is 0.450. The van der Waals surface area contributed by atoms with Gasteiger partial charge in [0, 0.05) is 12.4 Å². The lowest BCUT2D eigenvalue weighted by Crippen LogP contribution is -2.11. The summed E-state index contributed by atoms with van der Waals surface area (Å²) >= 11 is 0. The summed E-state index contributed by atoms with van der Waals surface area (Å²) in [5, 5.41) is 0. The molecule has 0 aliphatic heterocycles. The molecule has 1 heterocycles. The van der Waals surface area contributed by atoms with Gasteiger partial charge in [0.15, 0.2) is 0 Å². The van der Waals surface area contributed by atoms with Gasteiger partial charge in [-0.05, 0) is 43.5 Å². The van der Waals surface area contributed by atoms with E-state index >= 15 is 0 Å². The molecule has 0 unspecified atom stereocenters. The second-order valence-corrected chi connectivity index (χ2v) is 5.65. The van der Waals surface area contributed by atoms with Crippen molar-refractivity contribution < 1.29 is 4.74 Å². The Morgan fingerprint density at radius 1 is 1.24 bits per heavy atom. The lowest BCUT2D eigenvalue weighted by Gasteiger charge is -2.12. The Bertz CT molecular complexity index is 618. The predicted octanol–water partition coefficient (Wildman–Crippen LogP) is 4.45. The number of aryl methyl sites for hydroxylation is 2. The maximum absolute atomic E-state index is 5.89. The normalized spacial score (nSPS) is 11.8. The quantitative estimate of drug-likeness (QED) is 0.613. The van der Waals surface area contributed by atoms with Crippen LogP contribution >= 0.6 is 0 Å². The fourth-order valence-electron chi connectivity index (χ4n) is 1.96. The topological polar surface area (TPSA) is 34.5 Å². The van der Waals surface area contributed by atoms with Crippen molar-refractivity contribution in [3.8, 4) is 0 Å². The van der Waals surface area contributed by atoms with Gasteiger partial charge in [0.25, 0.3) is 0 Å². The highest BCUT2D eigenvalue weighted by Crippen LogP contribution is 2.21. The summed E-state index contributed by atoms with van der Waals surface area (Å²) < 4.78 is 5.89. The van der Waals surface area contributed by atoms with E-state index in [1.165, 1.54) is 5.56 Å². The average molecular weight is 282 g/mol. The van der Waals surface area contributed by atoms with Gasteiger partial charge >= 0.3 is 0 Å². The number of pyridine rings is 1. The number of hydrogen-bond donors (Lipinski definition) is 0. The molecule has 0 amide bonds. The van der Waals surface area contributed by atoms with E-state index in [2.05, 4.69) is 44.8 Å². The second kappa shape index (κ2) is 7.02. The van der Waals surface area contributed by atoms with Crippen LogP contribution in [0.3, 0.4) is 0 Å². The summed E-state index contributed by atoms with van der Waals surface area (Å²) in [4.78, 5) is 8.85. The van der Waals surface area contributed by atoms with Gasteiger partial charge in [-0.2, -0.15) is 0 Å². The van der Waals surface area contributed by atoms with Gasteiger partial charge in [0.1, 0.15) is 0 Å². The van der Waals surface area contributed by atoms with Gasteiger partial charge in [-0.15, -0.1) is 0 Å². The minimum absolute atomic E-state index is 0.450. The number of aromatic nitrogens is 1. The molecule has 0 aliphatic rings. The number of hydrogen-bond acceptors (Lipinski definition) is 3. The minimum Gasteiger partial charge on any atom is -0.477 e. The summed E-state index contributed by atoms with van der Waals surface area (Å²) in [6, 6.07) is 10.1. The number of benzene rings is 1. The Morgan fingerprint density at radius 2 is 2.05 bits per heavy atom. The maximum Gasteiger partial charge on any atom is 0.222 e. The highest BCUT2D eigenvalue weighted by Gasteiger charge is 2.08. The van der Waals surface area contributed by atoms with Gasteiger partial charge in [-0.3, -0.25) is 4.98 Å². The molecule has 0 N–H and O–H groups in total. The lowest BCUT2D eigenvalue weighted by molar-refractivity contribution is 0.260. The summed E-state index contributed by atoms with van der Waals surface area (Å²) in [7, 11) is 0. The predicted molar refractivity (Wildman–Crippen MR) is 87.1 cm³/mol. The molecule has 110 valence electrons. The molecule has 21 heavy (non-hydrogen) atoms. The van der Waals surface area contributed by atoms with Crippen LogP contribution in [0, 0.1) is 19.8 Å². The van der Waals surface area contributed by atoms with Crippen LogP contribution in [0.4, 0.5) is 5.69 Å². The first-order valence-corrected chi connectivity index (χ1v) is 7.25. The van der Waals surface area contributed by atoms with E-state index < -0.39 is 0 Å². The van der Waals surface area contributed by atoms with E-state index in [1.54, 1.807) is 12.4 Å². The fourth-order valence-corrected chi connectivity index (χ4v) is 1.96. The zero-order chi connectivity index (χ0) is 15.2. The van der Waals surface area contributed by atoms with Crippen LogP contribution < -0.4 is 0 Å². The Balaban J connectivity index is 2.36. The first-order valence-electron chi connectivity index (χ1n) is 7.25. The summed E-state index contributed by atoms with van der Waals surface area (Å²) in [6.07, 6.45) is 3.53. The van der Waals surface area contributed by atoms with E-state index in [0.717, 1.165) is 16.8 Å². The lowest BCUT2D eigenvalue weighted by atomic mass is 10.1. The van der Waals surface area contributed by atoms with E-state index in [1.807, 2.05) is 18.2 Å². The van der Waals surface area contributed by atoms with Crippen LogP contribution in [0.1, 0.15) is 30.5 Å². The number of ether oxygens (including phenoxy) is 1. The molecular weight excluding hydrogens is 260 g/mol. The fraction of sp³-hybridized carbons (Fsp3) is 0.333. The molecule has 0 saturated carbocycles. The largest absolute Gasteiger partial charge is 0.477 e. The zero-order valence-corrected chi connectivity index (χ0v) is 13.1. The number of rotatable bonds is 4. The molecule has 2 aromatic rings. The Hall–Kier alpha value is -2.16. The molecule has 3 heteroatoms. The molecule has 1 aromatic carbocycles. The van der Waals surface area contributed by atoms with Crippen molar-refractivity contribution in [2.45, 2.75) is 27.7 Å². The third kappa shape index (κ3) is 4.42. The Labute approximate surface area is 126 Å². The summed E-state index contributed by atoms with van der Waals surface area (Å²) in [6.45, 7) is 9.03. The van der Waals surface area contributed by atoms with Crippen molar-refractivity contribution >= 4 is 11.6 Å². The van der Waals surface area contributed by atoms with Crippen molar-refractivity contribution in [3.05, 3.63) is 59.4 Å². The van der Waals surface area contributed by atoms with Crippen LogP contribution in [0.15, 0.2) is 47.7 Å². The third-order valence-electron chi connectivity index (χ3n) is 3.04. The first-order chi connectivity index (χ1) is 10.1. The van der Waals surface area contributed by atoms with Gasteiger partial charge in [0.2, 0.25) is 5.90 Å². The van der Waals surface area contributed by atoms with Crippen LogP contribution in [-0.2, 0) is 4.74 Å². The van der Waals surface area contributed by atoms with Crippen LogP contribution in [0.5, 0.6) is 0 Å². The van der Waals surface area contributed by atoms with Crippen molar-refractivity contribution in [3.63, 3.8) is 0 Å². The van der Waals surface area contributed by atoms with Gasteiger partial charge in [-0.25, -0.2) is 4.99 Å². The van der Waals surface area contributed by atoms with Crippen molar-refractivity contribution in [1.29, 1.82) is 0 Å². The molecular formula is C18H22N2O. The van der Waals surface area contributed by atoms with Gasteiger partial charge in [-0.1, -0.05) is 31.5 Å². The molecule has 1 aromatic heterocycles.